The van der Waals surface area contributed by atoms with Gasteiger partial charge in [-0.25, -0.2) is 0 Å². The summed E-state index contributed by atoms with van der Waals surface area (Å²) in [6.07, 6.45) is 2.76. The Balaban J connectivity index is 2.32. The van der Waals surface area contributed by atoms with Gasteiger partial charge in [-0.3, -0.25) is 0 Å². The Morgan fingerprint density at radius 2 is 1.62 bits per heavy atom. The molecule has 0 saturated carbocycles. The van der Waals surface area contributed by atoms with Gasteiger partial charge in [-0.15, -0.1) is 0 Å². The van der Waals surface area contributed by atoms with Crippen molar-refractivity contribution in [3.05, 3.63) is 28.8 Å². The molecule has 0 atom stereocenters. The van der Waals surface area contributed by atoms with Gasteiger partial charge in [0.1, 0.15) is 0 Å². The van der Waals surface area contributed by atoms with Crippen LogP contribution in [-0.2, 0) is 12.8 Å². The summed E-state index contributed by atoms with van der Waals surface area (Å²) in [7, 11) is -0.911. The lowest BCUT2D eigenvalue weighted by Gasteiger charge is -2.15. The van der Waals surface area contributed by atoms with Gasteiger partial charge in [0.2, 0.25) is 0 Å². The summed E-state index contributed by atoms with van der Waals surface area (Å²) in [4.78, 5) is 0. The Labute approximate surface area is 81.0 Å². The normalized spacial score (nSPS) is 22.0. The lowest BCUT2D eigenvalue weighted by molar-refractivity contribution is 1.07. The van der Waals surface area contributed by atoms with E-state index in [0.717, 1.165) is 0 Å². The monoisotopic (exact) mass is 188 g/mol. The Bertz CT molecular complexity index is 350. The van der Waals surface area contributed by atoms with Crippen LogP contribution < -0.4 is 5.19 Å². The Morgan fingerprint density at radius 3 is 2.15 bits per heavy atom. The topological polar surface area (TPSA) is 0 Å². The zero-order valence-electron chi connectivity index (χ0n) is 8.48. The Morgan fingerprint density at radius 1 is 1.08 bits per heavy atom. The van der Waals surface area contributed by atoms with Gasteiger partial charge < -0.3 is 0 Å². The van der Waals surface area contributed by atoms with Crippen molar-refractivity contribution in [3.8, 4) is 0 Å². The molecule has 1 aromatic carbocycles. The first-order valence-corrected chi connectivity index (χ1v) is 8.23. The largest absolute Gasteiger partial charge is 0.0850 e. The predicted octanol–water partition coefficient (Wildman–Crippen LogP) is 2.39. The van der Waals surface area contributed by atoms with E-state index in [9.17, 15) is 0 Å². The average molecular weight is 188 g/mol. The summed E-state index contributed by atoms with van der Waals surface area (Å²) in [5.41, 5.74) is 4.90. The second-order valence-electron chi connectivity index (χ2n) is 5.02. The number of hydrogen-bond donors (Lipinski definition) is 0. The molecule has 13 heavy (non-hydrogen) atoms. The van der Waals surface area contributed by atoms with E-state index in [2.05, 4.69) is 25.6 Å². The van der Waals surface area contributed by atoms with Crippen LogP contribution in [-0.4, -0.2) is 8.07 Å². The minimum Gasteiger partial charge on any atom is -0.0652 e. The van der Waals surface area contributed by atoms with Crippen LogP contribution in [0.5, 0.6) is 0 Å². The number of benzene rings is 1. The van der Waals surface area contributed by atoms with E-state index in [1.165, 1.54) is 30.5 Å². The lowest BCUT2D eigenvalue weighted by Crippen LogP contribution is -2.37. The second kappa shape index (κ2) is 2.27. The molecular formula is C12H16Si. The van der Waals surface area contributed by atoms with E-state index < -0.39 is 8.07 Å². The Kier molecular flexibility index (Phi) is 1.36. The first kappa shape index (κ1) is 7.81. The fraction of sp³-hybridized carbons (Fsp3) is 0.500. The van der Waals surface area contributed by atoms with Gasteiger partial charge in [-0.05, 0) is 43.0 Å². The highest BCUT2D eigenvalue weighted by atomic mass is 28.3. The lowest BCUT2D eigenvalue weighted by atomic mass is 10.0. The van der Waals surface area contributed by atoms with E-state index in [0.29, 0.717) is 0 Å². The van der Waals surface area contributed by atoms with Crippen molar-refractivity contribution in [2.24, 2.45) is 0 Å². The molecule has 2 aliphatic heterocycles. The summed E-state index contributed by atoms with van der Waals surface area (Å²) >= 11 is 0. The third-order valence-corrected chi connectivity index (χ3v) is 8.50. The summed E-state index contributed by atoms with van der Waals surface area (Å²) < 4.78 is 0. The quantitative estimate of drug-likeness (QED) is 0.548. The van der Waals surface area contributed by atoms with E-state index >= 15 is 0 Å². The number of hydrogen-bond acceptors (Lipinski definition) is 0. The van der Waals surface area contributed by atoms with Crippen LogP contribution in [0.2, 0.25) is 18.6 Å². The molecule has 0 saturated heterocycles. The van der Waals surface area contributed by atoms with Crippen molar-refractivity contribution in [2.75, 3.05) is 0 Å². The zero-order valence-corrected chi connectivity index (χ0v) is 9.48. The minimum absolute atomic E-state index is 0.911. The molecule has 0 radical (unpaired) electrons. The van der Waals surface area contributed by atoms with E-state index in [-0.39, 0.29) is 0 Å². The number of rotatable bonds is 0. The maximum absolute atomic E-state index is 2.59. The van der Waals surface area contributed by atoms with Gasteiger partial charge in [0.05, 0.1) is 8.07 Å². The molecule has 0 N–H and O–H groups in total. The van der Waals surface area contributed by atoms with Crippen LogP contribution in [0.25, 0.3) is 0 Å². The van der Waals surface area contributed by atoms with Gasteiger partial charge in [-0.1, -0.05) is 29.4 Å². The summed E-state index contributed by atoms with van der Waals surface area (Å²) in [5.74, 6) is 0. The fourth-order valence-electron chi connectivity index (χ4n) is 3.31. The van der Waals surface area contributed by atoms with Crippen molar-refractivity contribution in [3.63, 3.8) is 0 Å². The van der Waals surface area contributed by atoms with E-state index in [1.807, 2.05) is 5.19 Å². The van der Waals surface area contributed by atoms with Crippen LogP contribution in [0, 0.1) is 6.92 Å². The van der Waals surface area contributed by atoms with Gasteiger partial charge in [0, 0.05) is 0 Å². The molecule has 0 spiro atoms. The van der Waals surface area contributed by atoms with Crippen LogP contribution >= 0.6 is 0 Å². The molecular weight excluding hydrogens is 172 g/mol. The Hall–Kier alpha value is -0.563. The van der Waals surface area contributed by atoms with Crippen molar-refractivity contribution in [1.82, 2.24) is 0 Å². The maximum atomic E-state index is 2.59. The highest BCUT2D eigenvalue weighted by Crippen LogP contribution is 2.35. The van der Waals surface area contributed by atoms with Gasteiger partial charge >= 0.3 is 0 Å². The van der Waals surface area contributed by atoms with Crippen molar-refractivity contribution in [2.45, 2.75) is 38.4 Å². The average Bonchev–Trinajstić information content (AvgIpc) is 2.56. The molecule has 0 bridgehead atoms. The minimum atomic E-state index is -0.911. The SMILES string of the molecule is Cc1cc2c3c(c1)CC[Si]3(C)CC2. The summed E-state index contributed by atoms with van der Waals surface area (Å²) in [6, 6.07) is 7.92. The summed E-state index contributed by atoms with van der Waals surface area (Å²) in [6.45, 7) is 4.83. The third-order valence-electron chi connectivity index (χ3n) is 3.94. The molecule has 1 heteroatoms. The van der Waals surface area contributed by atoms with E-state index in [1.54, 1.807) is 11.1 Å². The third kappa shape index (κ3) is 0.911. The second-order valence-corrected chi connectivity index (χ2v) is 9.64. The molecule has 1 aromatic rings. The summed E-state index contributed by atoms with van der Waals surface area (Å²) in [5, 5.41) is 1.86. The molecule has 0 aliphatic carbocycles. The van der Waals surface area contributed by atoms with Gasteiger partial charge in [-0.2, -0.15) is 0 Å². The van der Waals surface area contributed by atoms with Crippen molar-refractivity contribution in [1.29, 1.82) is 0 Å². The standard InChI is InChI=1S/C12H16Si/c1-9-7-10-3-5-13(2)6-4-11(8-9)12(10)13/h7-8H,3-6H2,1-2H3. The maximum Gasteiger partial charge on any atom is 0.0850 e. The molecule has 0 nitrogen and oxygen atoms in total. The van der Waals surface area contributed by atoms with Gasteiger partial charge in [0.25, 0.3) is 0 Å². The first-order valence-electron chi connectivity index (χ1n) is 5.32. The first-order chi connectivity index (χ1) is 6.19. The molecule has 68 valence electrons. The van der Waals surface area contributed by atoms with Crippen LogP contribution in [0.1, 0.15) is 16.7 Å². The molecule has 3 rings (SSSR count). The molecule has 0 fully saturated rings. The van der Waals surface area contributed by atoms with Crippen molar-refractivity contribution >= 4 is 13.3 Å². The highest BCUT2D eigenvalue weighted by molar-refractivity contribution is 6.93. The molecule has 0 unspecified atom stereocenters. The molecule has 0 amide bonds. The van der Waals surface area contributed by atoms with Gasteiger partial charge in [0.15, 0.2) is 0 Å². The predicted molar refractivity (Wildman–Crippen MR) is 59.5 cm³/mol. The van der Waals surface area contributed by atoms with E-state index in [4.69, 9.17) is 0 Å². The number of aryl methyl sites for hydroxylation is 3. The zero-order chi connectivity index (χ0) is 9.05. The molecule has 0 aromatic heterocycles. The highest BCUT2D eigenvalue weighted by Gasteiger charge is 2.42. The van der Waals surface area contributed by atoms with Crippen molar-refractivity contribution < 1.29 is 0 Å². The smallest absolute Gasteiger partial charge is 0.0652 e. The van der Waals surface area contributed by atoms with Crippen LogP contribution in [0.3, 0.4) is 0 Å². The van der Waals surface area contributed by atoms with Crippen LogP contribution in [0.4, 0.5) is 0 Å². The molecule has 2 aliphatic rings. The fourth-order valence-corrected chi connectivity index (χ4v) is 7.64. The molecule has 2 heterocycles. The van der Waals surface area contributed by atoms with Crippen LogP contribution in [0.15, 0.2) is 12.1 Å².